The SMILES string of the molecule is CN1CCN(c2ncc(-c3ncc(-c4cc(CO)c5nn(C)cc5c4)cc3O)nn2)CC1. The van der Waals surface area contributed by atoms with Crippen LogP contribution in [0, 0.1) is 0 Å². The highest BCUT2D eigenvalue weighted by molar-refractivity contribution is 5.87. The minimum atomic E-state index is -0.125. The summed E-state index contributed by atoms with van der Waals surface area (Å²) in [5, 5.41) is 34.2. The Balaban J connectivity index is 1.43. The van der Waals surface area contributed by atoms with Crippen LogP contribution in [0.2, 0.25) is 0 Å². The molecule has 0 atom stereocenters. The third-order valence-electron chi connectivity index (χ3n) is 5.75. The Morgan fingerprint density at radius 1 is 0.938 bits per heavy atom. The second-order valence-electron chi connectivity index (χ2n) is 8.06. The Morgan fingerprint density at radius 2 is 1.75 bits per heavy atom. The van der Waals surface area contributed by atoms with Crippen molar-refractivity contribution in [2.24, 2.45) is 7.05 Å². The van der Waals surface area contributed by atoms with Crippen molar-refractivity contribution in [3.05, 3.63) is 42.4 Å². The fourth-order valence-electron chi connectivity index (χ4n) is 3.95. The molecule has 10 nitrogen and oxygen atoms in total. The van der Waals surface area contributed by atoms with Crippen molar-refractivity contribution in [3.63, 3.8) is 0 Å². The van der Waals surface area contributed by atoms with Gasteiger partial charge in [0, 0.05) is 62.1 Å². The molecule has 0 amide bonds. The number of nitrogens with zero attached hydrogens (tertiary/aromatic N) is 8. The zero-order valence-corrected chi connectivity index (χ0v) is 18.0. The third kappa shape index (κ3) is 3.74. The lowest BCUT2D eigenvalue weighted by Crippen LogP contribution is -2.45. The molecule has 4 aromatic rings. The summed E-state index contributed by atoms with van der Waals surface area (Å²) in [6.07, 6.45) is 5.15. The molecule has 5 rings (SSSR count). The molecule has 0 radical (unpaired) electrons. The number of aromatic nitrogens is 6. The van der Waals surface area contributed by atoms with E-state index in [2.05, 4.69) is 42.1 Å². The summed E-state index contributed by atoms with van der Waals surface area (Å²) in [7, 11) is 3.93. The summed E-state index contributed by atoms with van der Waals surface area (Å²) in [5.74, 6) is 0.571. The summed E-state index contributed by atoms with van der Waals surface area (Å²) < 4.78 is 1.71. The largest absolute Gasteiger partial charge is 0.506 e. The molecule has 1 saturated heterocycles. The number of piperazine rings is 1. The summed E-state index contributed by atoms with van der Waals surface area (Å²) in [6.45, 7) is 3.49. The maximum absolute atomic E-state index is 10.7. The Bertz CT molecular complexity index is 1260. The zero-order valence-electron chi connectivity index (χ0n) is 18.0. The van der Waals surface area contributed by atoms with Crippen molar-refractivity contribution in [1.82, 2.24) is 34.8 Å². The van der Waals surface area contributed by atoms with E-state index in [0.29, 0.717) is 17.3 Å². The van der Waals surface area contributed by atoms with Crippen LogP contribution >= 0.6 is 0 Å². The van der Waals surface area contributed by atoms with Crippen molar-refractivity contribution in [1.29, 1.82) is 0 Å². The normalized spacial score (nSPS) is 14.9. The summed E-state index contributed by atoms with van der Waals surface area (Å²) >= 11 is 0. The van der Waals surface area contributed by atoms with Gasteiger partial charge in [0.15, 0.2) is 0 Å². The Labute approximate surface area is 184 Å². The van der Waals surface area contributed by atoms with Gasteiger partial charge in [0.25, 0.3) is 0 Å². The first-order valence-electron chi connectivity index (χ1n) is 10.4. The van der Waals surface area contributed by atoms with Crippen molar-refractivity contribution in [2.75, 3.05) is 38.1 Å². The second kappa shape index (κ2) is 8.13. The maximum Gasteiger partial charge on any atom is 0.245 e. The summed E-state index contributed by atoms with van der Waals surface area (Å²) in [5.41, 5.74) is 3.76. The lowest BCUT2D eigenvalue weighted by molar-refractivity contribution is 0.283. The van der Waals surface area contributed by atoms with Gasteiger partial charge < -0.3 is 20.0 Å². The Morgan fingerprint density at radius 3 is 2.44 bits per heavy atom. The number of rotatable bonds is 4. The maximum atomic E-state index is 10.7. The van der Waals surface area contributed by atoms with E-state index in [0.717, 1.165) is 53.8 Å². The molecule has 0 aliphatic carbocycles. The highest BCUT2D eigenvalue weighted by Gasteiger charge is 2.18. The fourth-order valence-corrected chi connectivity index (χ4v) is 3.95. The van der Waals surface area contributed by atoms with Gasteiger partial charge in [-0.1, -0.05) is 0 Å². The second-order valence-corrected chi connectivity index (χ2v) is 8.06. The molecule has 164 valence electrons. The predicted octanol–water partition coefficient (Wildman–Crippen LogP) is 1.44. The van der Waals surface area contributed by atoms with Gasteiger partial charge in [0.2, 0.25) is 5.95 Å². The van der Waals surface area contributed by atoms with E-state index in [1.54, 1.807) is 23.1 Å². The van der Waals surface area contributed by atoms with E-state index in [9.17, 15) is 10.2 Å². The lowest BCUT2D eigenvalue weighted by atomic mass is 10.0. The molecule has 32 heavy (non-hydrogen) atoms. The van der Waals surface area contributed by atoms with E-state index in [-0.39, 0.29) is 12.4 Å². The van der Waals surface area contributed by atoms with Crippen LogP contribution in [-0.2, 0) is 13.7 Å². The number of aliphatic hydroxyl groups is 1. The molecular formula is C22H24N8O2. The van der Waals surface area contributed by atoms with Gasteiger partial charge in [0.05, 0.1) is 18.3 Å². The van der Waals surface area contributed by atoms with E-state index < -0.39 is 0 Å². The molecule has 3 aromatic heterocycles. The van der Waals surface area contributed by atoms with Crippen LogP contribution < -0.4 is 4.90 Å². The lowest BCUT2D eigenvalue weighted by Gasteiger charge is -2.31. The molecule has 2 N–H and O–H groups in total. The fraction of sp³-hybridized carbons (Fsp3) is 0.318. The molecule has 1 aliphatic heterocycles. The number of benzene rings is 1. The van der Waals surface area contributed by atoms with Crippen molar-refractivity contribution < 1.29 is 10.2 Å². The quantitative estimate of drug-likeness (QED) is 0.494. The van der Waals surface area contributed by atoms with Gasteiger partial charge in [-0.05, 0) is 30.8 Å². The van der Waals surface area contributed by atoms with Gasteiger partial charge in [-0.15, -0.1) is 10.2 Å². The van der Waals surface area contributed by atoms with Gasteiger partial charge in [0.1, 0.15) is 17.1 Å². The number of anilines is 1. The molecule has 0 saturated carbocycles. The van der Waals surface area contributed by atoms with Crippen LogP contribution in [0.25, 0.3) is 33.4 Å². The molecule has 10 heteroatoms. The minimum absolute atomic E-state index is 0.0113. The van der Waals surface area contributed by atoms with Crippen LogP contribution in [0.3, 0.4) is 0 Å². The highest BCUT2D eigenvalue weighted by atomic mass is 16.3. The van der Waals surface area contributed by atoms with Crippen LogP contribution in [-0.4, -0.2) is 78.3 Å². The molecular weight excluding hydrogens is 408 g/mol. The van der Waals surface area contributed by atoms with Gasteiger partial charge in [-0.2, -0.15) is 5.10 Å². The molecule has 1 aliphatic rings. The summed E-state index contributed by atoms with van der Waals surface area (Å²) in [4.78, 5) is 13.2. The average Bonchev–Trinajstić information content (AvgIpc) is 3.19. The number of aryl methyl sites for hydroxylation is 1. The van der Waals surface area contributed by atoms with Crippen LogP contribution in [0.5, 0.6) is 5.75 Å². The van der Waals surface area contributed by atoms with Gasteiger partial charge >= 0.3 is 0 Å². The number of fused-ring (bicyclic) bond motifs is 1. The Kier molecular flexibility index (Phi) is 5.16. The topological polar surface area (TPSA) is 116 Å². The average molecular weight is 432 g/mol. The van der Waals surface area contributed by atoms with Crippen molar-refractivity contribution in [3.8, 4) is 28.3 Å². The van der Waals surface area contributed by atoms with E-state index in [1.807, 2.05) is 25.4 Å². The molecule has 4 heterocycles. The molecule has 0 unspecified atom stereocenters. The van der Waals surface area contributed by atoms with E-state index in [4.69, 9.17) is 0 Å². The predicted molar refractivity (Wildman–Crippen MR) is 120 cm³/mol. The van der Waals surface area contributed by atoms with Crippen molar-refractivity contribution in [2.45, 2.75) is 6.61 Å². The molecule has 0 bridgehead atoms. The first kappa shape index (κ1) is 20.3. The zero-order chi connectivity index (χ0) is 22.2. The van der Waals surface area contributed by atoms with Gasteiger partial charge in [-0.3, -0.25) is 4.68 Å². The third-order valence-corrected chi connectivity index (χ3v) is 5.75. The van der Waals surface area contributed by atoms with E-state index in [1.165, 1.54) is 0 Å². The molecule has 1 aromatic carbocycles. The number of aromatic hydroxyl groups is 1. The Hall–Kier alpha value is -3.63. The molecule has 1 fully saturated rings. The monoisotopic (exact) mass is 432 g/mol. The van der Waals surface area contributed by atoms with E-state index >= 15 is 0 Å². The number of pyridine rings is 1. The number of hydrogen-bond acceptors (Lipinski definition) is 9. The van der Waals surface area contributed by atoms with Crippen molar-refractivity contribution >= 4 is 16.9 Å². The van der Waals surface area contributed by atoms with Crippen LogP contribution in [0.4, 0.5) is 5.95 Å². The molecule has 0 spiro atoms. The number of aliphatic hydroxyl groups excluding tert-OH is 1. The highest BCUT2D eigenvalue weighted by Crippen LogP contribution is 2.32. The minimum Gasteiger partial charge on any atom is -0.506 e. The number of hydrogen-bond donors (Lipinski definition) is 2. The first-order chi connectivity index (χ1) is 15.5. The number of likely N-dealkylation sites (N-methyl/N-ethyl adjacent to an activating group) is 1. The first-order valence-corrected chi connectivity index (χ1v) is 10.4. The van der Waals surface area contributed by atoms with Crippen LogP contribution in [0.1, 0.15) is 5.56 Å². The van der Waals surface area contributed by atoms with Crippen LogP contribution in [0.15, 0.2) is 36.8 Å². The smallest absolute Gasteiger partial charge is 0.245 e. The summed E-state index contributed by atoms with van der Waals surface area (Å²) in [6, 6.07) is 5.46. The van der Waals surface area contributed by atoms with Gasteiger partial charge in [-0.25, -0.2) is 9.97 Å². The standard InChI is InChI=1S/C22H24N8O2/c1-28-3-5-30(6-4-28)22-24-11-18(25-26-22)21-19(32)9-15(10-23-21)14-7-16-12-29(2)27-20(16)17(8-14)13-31/h7-12,31-32H,3-6,13H2,1-2H3.